The van der Waals surface area contributed by atoms with Gasteiger partial charge in [0.05, 0.1) is 6.04 Å². The van der Waals surface area contributed by atoms with Crippen LogP contribution in [-0.4, -0.2) is 87.5 Å². The molecule has 1 unspecified atom stereocenters. The highest BCUT2D eigenvalue weighted by Crippen LogP contribution is 2.34. The second kappa shape index (κ2) is 19.4. The lowest BCUT2D eigenvalue weighted by Gasteiger charge is -2.37. The SMILES string of the molecule is C#CCCSC(NC(=O)[C@@H]1[C@@H](C(C)C)CCN1C(=O)[C@@H](NC(=O)N[C@H](C(=O)c1ccccn1)C1CCCCC1)C(C)(C)C)C(=O)C(=O)NCC=C. The molecule has 1 aliphatic heterocycles. The summed E-state index contributed by atoms with van der Waals surface area (Å²) in [6, 6.07) is 1.56. The number of hydrogen-bond donors (Lipinski definition) is 4. The van der Waals surface area contributed by atoms with Crippen molar-refractivity contribution in [2.45, 2.75) is 103 Å². The van der Waals surface area contributed by atoms with Gasteiger partial charge in [-0.2, -0.15) is 0 Å². The average Bonchev–Trinajstić information content (AvgIpc) is 3.57. The van der Waals surface area contributed by atoms with Gasteiger partial charge in [0, 0.05) is 31.5 Å². The maximum Gasteiger partial charge on any atom is 0.316 e. The van der Waals surface area contributed by atoms with Crippen LogP contribution in [0.2, 0.25) is 0 Å². The van der Waals surface area contributed by atoms with Crippen molar-refractivity contribution >= 4 is 47.1 Å². The lowest BCUT2D eigenvalue weighted by Crippen LogP contribution is -2.62. The predicted molar refractivity (Wildman–Crippen MR) is 198 cm³/mol. The summed E-state index contributed by atoms with van der Waals surface area (Å²) in [4.78, 5) is 87.3. The standard InChI is InChI=1S/C38H54N6O6S/c1-8-10-23-51-35(31(46)34(48)40-20-9-2)43-33(47)29-26(24(3)4)19-22-44(29)36(49)32(38(5,6)7)42-37(50)41-28(25-16-12-11-13-17-25)30(45)27-18-14-15-21-39-27/h1,9,14-15,18,21,24-26,28-29,32,35H,2,10-13,16-17,19-20,22-23H2,3-7H3,(H,40,48)(H,43,47)(H2,41,42,50)/t26-,28+,29+,32-,35?/m1/s1. The minimum absolute atomic E-state index is 0.00381. The highest BCUT2D eigenvalue weighted by atomic mass is 32.2. The summed E-state index contributed by atoms with van der Waals surface area (Å²) in [5.41, 5.74) is -0.529. The summed E-state index contributed by atoms with van der Waals surface area (Å²) >= 11 is 1.05. The first-order valence-corrected chi connectivity index (χ1v) is 18.9. The largest absolute Gasteiger partial charge is 0.346 e. The van der Waals surface area contributed by atoms with Gasteiger partial charge in [-0.3, -0.25) is 29.0 Å². The van der Waals surface area contributed by atoms with Gasteiger partial charge in [0.2, 0.25) is 17.6 Å². The first-order chi connectivity index (χ1) is 24.2. The average molecular weight is 723 g/mol. The number of terminal acetylenes is 1. The fourth-order valence-electron chi connectivity index (χ4n) is 6.76. The normalized spacial score (nSPS) is 19.6. The second-order valence-corrected chi connectivity index (χ2v) is 15.8. The van der Waals surface area contributed by atoms with Crippen molar-refractivity contribution in [3.63, 3.8) is 0 Å². The van der Waals surface area contributed by atoms with E-state index in [2.05, 4.69) is 38.8 Å². The highest BCUT2D eigenvalue weighted by molar-refractivity contribution is 8.00. The van der Waals surface area contributed by atoms with E-state index < -0.39 is 58.5 Å². The van der Waals surface area contributed by atoms with Crippen LogP contribution in [0.25, 0.3) is 0 Å². The Labute approximate surface area is 306 Å². The fraction of sp³-hybridized carbons (Fsp3) is 0.605. The number of carbonyl (C=O) groups excluding carboxylic acids is 6. The molecule has 0 bridgehead atoms. The van der Waals surface area contributed by atoms with Crippen LogP contribution < -0.4 is 21.3 Å². The van der Waals surface area contributed by atoms with Gasteiger partial charge in [0.25, 0.3) is 11.7 Å². The zero-order chi connectivity index (χ0) is 37.7. The molecular weight excluding hydrogens is 669 g/mol. The minimum atomic E-state index is -1.23. The third-order valence-electron chi connectivity index (χ3n) is 9.52. The molecule has 1 aliphatic carbocycles. The van der Waals surface area contributed by atoms with E-state index in [1.807, 2.05) is 34.6 Å². The van der Waals surface area contributed by atoms with Crippen molar-refractivity contribution in [1.29, 1.82) is 0 Å². The summed E-state index contributed by atoms with van der Waals surface area (Å²) in [6.07, 6.45) is 13.8. The molecule has 3 rings (SSSR count). The van der Waals surface area contributed by atoms with Crippen molar-refractivity contribution in [3.8, 4) is 12.3 Å². The maximum atomic E-state index is 14.5. The number of carbonyl (C=O) groups is 6. The molecule has 1 aromatic rings. The van der Waals surface area contributed by atoms with Crippen LogP contribution in [0.5, 0.6) is 0 Å². The molecule has 0 spiro atoms. The molecule has 2 heterocycles. The zero-order valence-electron chi connectivity index (χ0n) is 30.5. The molecule has 0 aromatic carbocycles. The zero-order valence-corrected chi connectivity index (χ0v) is 31.4. The summed E-state index contributed by atoms with van der Waals surface area (Å²) in [7, 11) is 0. The quantitative estimate of drug-likeness (QED) is 0.0499. The molecule has 1 aromatic heterocycles. The Bertz CT molecular complexity index is 1450. The fourth-order valence-corrected chi connectivity index (χ4v) is 7.69. The molecular formula is C38H54N6O6S. The van der Waals surface area contributed by atoms with Gasteiger partial charge in [-0.1, -0.05) is 66.0 Å². The third kappa shape index (κ3) is 11.4. The lowest BCUT2D eigenvalue weighted by molar-refractivity contribution is -0.144. The Kier molecular flexibility index (Phi) is 15.7. The number of nitrogens with one attached hydrogen (secondary N) is 4. The first kappa shape index (κ1) is 41.2. The van der Waals surface area contributed by atoms with E-state index >= 15 is 0 Å². The van der Waals surface area contributed by atoms with Gasteiger partial charge in [-0.25, -0.2) is 4.79 Å². The van der Waals surface area contributed by atoms with E-state index in [-0.39, 0.29) is 42.3 Å². The number of nitrogens with zero attached hydrogens (tertiary/aromatic N) is 2. The van der Waals surface area contributed by atoms with Gasteiger partial charge in [0.1, 0.15) is 23.2 Å². The number of pyridine rings is 1. The number of Topliss-reactive ketones (excluding diaryl/α,β-unsaturated/α-hetero) is 2. The Morgan fingerprint density at radius 2 is 1.76 bits per heavy atom. The van der Waals surface area contributed by atoms with E-state index in [9.17, 15) is 28.8 Å². The Morgan fingerprint density at radius 3 is 2.35 bits per heavy atom. The molecule has 278 valence electrons. The van der Waals surface area contributed by atoms with Crippen LogP contribution in [0.15, 0.2) is 37.1 Å². The van der Waals surface area contributed by atoms with Gasteiger partial charge in [-0.05, 0) is 54.6 Å². The van der Waals surface area contributed by atoms with Crippen LogP contribution >= 0.6 is 11.8 Å². The van der Waals surface area contributed by atoms with E-state index in [4.69, 9.17) is 6.42 Å². The second-order valence-electron chi connectivity index (χ2n) is 14.6. The van der Waals surface area contributed by atoms with Crippen molar-refractivity contribution in [3.05, 3.63) is 42.7 Å². The Hall–Kier alpha value is -4.18. The van der Waals surface area contributed by atoms with Crippen molar-refractivity contribution in [2.24, 2.45) is 23.2 Å². The summed E-state index contributed by atoms with van der Waals surface area (Å²) in [5.74, 6) is -0.552. The third-order valence-corrected chi connectivity index (χ3v) is 10.6. The number of urea groups is 1. The minimum Gasteiger partial charge on any atom is -0.346 e. The number of thioether (sulfide) groups is 1. The molecule has 13 heteroatoms. The Morgan fingerprint density at radius 1 is 1.06 bits per heavy atom. The van der Waals surface area contributed by atoms with Crippen molar-refractivity contribution < 1.29 is 28.8 Å². The molecule has 1 saturated heterocycles. The predicted octanol–water partition coefficient (Wildman–Crippen LogP) is 3.87. The monoisotopic (exact) mass is 722 g/mol. The maximum absolute atomic E-state index is 14.5. The number of rotatable bonds is 16. The molecule has 12 nitrogen and oxygen atoms in total. The van der Waals surface area contributed by atoms with Gasteiger partial charge in [-0.15, -0.1) is 30.7 Å². The Balaban J connectivity index is 1.86. The number of aromatic nitrogens is 1. The van der Waals surface area contributed by atoms with Crippen LogP contribution in [0.4, 0.5) is 4.79 Å². The number of ketones is 2. The number of hydrogen-bond acceptors (Lipinski definition) is 8. The van der Waals surface area contributed by atoms with Crippen LogP contribution in [-0.2, 0) is 19.2 Å². The summed E-state index contributed by atoms with van der Waals surface area (Å²) in [5, 5.41) is 9.72. The molecule has 4 N–H and O–H groups in total. The van der Waals surface area contributed by atoms with Crippen molar-refractivity contribution in [2.75, 3.05) is 18.8 Å². The van der Waals surface area contributed by atoms with E-state index in [1.165, 1.54) is 11.0 Å². The topological polar surface area (TPSA) is 167 Å². The molecule has 5 atom stereocenters. The molecule has 5 amide bonds. The van der Waals surface area contributed by atoms with Gasteiger partial charge >= 0.3 is 6.03 Å². The molecule has 1 saturated carbocycles. The number of likely N-dealkylation sites (tertiary alicyclic amines) is 1. The van der Waals surface area contributed by atoms with Crippen LogP contribution in [0.1, 0.15) is 90.1 Å². The molecule has 51 heavy (non-hydrogen) atoms. The van der Waals surface area contributed by atoms with E-state index in [1.54, 1.807) is 24.4 Å². The van der Waals surface area contributed by atoms with Crippen LogP contribution in [0.3, 0.4) is 0 Å². The van der Waals surface area contributed by atoms with Crippen molar-refractivity contribution in [1.82, 2.24) is 31.2 Å². The van der Waals surface area contributed by atoms with E-state index in [0.29, 0.717) is 18.6 Å². The summed E-state index contributed by atoms with van der Waals surface area (Å²) < 4.78 is 0. The van der Waals surface area contributed by atoms with Gasteiger partial charge < -0.3 is 26.2 Å². The smallest absolute Gasteiger partial charge is 0.316 e. The molecule has 2 fully saturated rings. The summed E-state index contributed by atoms with van der Waals surface area (Å²) in [6.45, 7) is 13.2. The molecule has 2 aliphatic rings. The van der Waals surface area contributed by atoms with E-state index in [0.717, 1.165) is 43.9 Å². The molecule has 0 radical (unpaired) electrons. The highest BCUT2D eigenvalue weighted by Gasteiger charge is 2.48. The van der Waals surface area contributed by atoms with Gasteiger partial charge in [0.15, 0.2) is 0 Å². The first-order valence-electron chi connectivity index (χ1n) is 17.8. The lowest BCUT2D eigenvalue weighted by atomic mass is 9.81. The van der Waals surface area contributed by atoms with Crippen LogP contribution in [0, 0.1) is 35.5 Å². The number of amides is 5.